The minimum atomic E-state index is -4.41. The van der Waals surface area contributed by atoms with Crippen LogP contribution in [0.5, 0.6) is 11.5 Å². The Hall–Kier alpha value is -2.99. The van der Waals surface area contributed by atoms with Crippen LogP contribution in [0.2, 0.25) is 0 Å². The zero-order valence-corrected chi connectivity index (χ0v) is 17.4. The summed E-state index contributed by atoms with van der Waals surface area (Å²) in [5.41, 5.74) is 1.35. The van der Waals surface area contributed by atoms with Gasteiger partial charge in [-0.1, -0.05) is 0 Å². The molecule has 0 saturated heterocycles. The van der Waals surface area contributed by atoms with Crippen LogP contribution in [-0.2, 0) is 10.0 Å². The molecular weight excluding hydrogens is 455 g/mol. The highest BCUT2D eigenvalue weighted by molar-refractivity contribution is 7.93. The predicted octanol–water partition coefficient (Wildman–Crippen LogP) is 4.42. The molecule has 0 aliphatic carbocycles. The van der Waals surface area contributed by atoms with Crippen molar-refractivity contribution in [3.8, 4) is 11.5 Å². The number of sulfonamides is 1. The monoisotopic (exact) mass is 471 g/mol. The van der Waals surface area contributed by atoms with Gasteiger partial charge in [-0.05, 0) is 36.4 Å². The van der Waals surface area contributed by atoms with Crippen LogP contribution in [0, 0.1) is 0 Å². The van der Waals surface area contributed by atoms with Gasteiger partial charge >= 0.3 is 6.18 Å². The molecule has 2 heterocycles. The number of nitrogens with one attached hydrogen (secondary N) is 1. The van der Waals surface area contributed by atoms with Crippen molar-refractivity contribution in [2.24, 2.45) is 0 Å². The molecule has 0 amide bonds. The van der Waals surface area contributed by atoms with Gasteiger partial charge in [0, 0.05) is 23.3 Å². The first kappa shape index (κ1) is 21.2. The number of benzene rings is 2. The van der Waals surface area contributed by atoms with E-state index in [1.807, 2.05) is 4.90 Å². The third kappa shape index (κ3) is 5.02. The molecule has 4 rings (SSSR count). The lowest BCUT2D eigenvalue weighted by Crippen LogP contribution is -2.28. The average molecular weight is 471 g/mol. The van der Waals surface area contributed by atoms with E-state index in [4.69, 9.17) is 9.47 Å². The van der Waals surface area contributed by atoms with Crippen molar-refractivity contribution in [3.63, 3.8) is 0 Å². The smallest absolute Gasteiger partial charge is 0.422 e. The third-order valence-corrected chi connectivity index (χ3v) is 6.46. The second-order valence-corrected chi connectivity index (χ2v) is 9.05. The molecule has 0 saturated carbocycles. The molecule has 0 fully saturated rings. The summed E-state index contributed by atoms with van der Waals surface area (Å²) < 4.78 is 74.9. The first-order chi connectivity index (χ1) is 14.7. The van der Waals surface area contributed by atoms with Crippen molar-refractivity contribution in [2.45, 2.75) is 11.1 Å². The zero-order chi connectivity index (χ0) is 22.1. The highest BCUT2D eigenvalue weighted by Gasteiger charge is 2.28. The summed E-state index contributed by atoms with van der Waals surface area (Å²) in [5, 5.41) is 1.92. The number of fused-ring (bicyclic) bond motifs is 1. The van der Waals surface area contributed by atoms with Crippen molar-refractivity contribution < 1.29 is 31.1 Å². The van der Waals surface area contributed by atoms with Crippen LogP contribution in [0.1, 0.15) is 0 Å². The Bertz CT molecular complexity index is 1150. The molecule has 1 aromatic heterocycles. The minimum absolute atomic E-state index is 0.0270. The summed E-state index contributed by atoms with van der Waals surface area (Å²) in [6.45, 7) is -0.568. The molecule has 0 spiro atoms. The molecule has 2 aromatic carbocycles. The van der Waals surface area contributed by atoms with Gasteiger partial charge in [0.1, 0.15) is 18.1 Å². The standard InChI is InChI=1S/C19H16F3N3O4S2/c20-19(21,22)12-29-14-3-1-13(2-4-14)25-8-9-28-17-11-15(5-6-16(17)25)31(26,27)24-18-23-7-10-30-18/h1-7,10-11H,8-9,12H2,(H,23,24). The lowest BCUT2D eigenvalue weighted by molar-refractivity contribution is -0.153. The van der Waals surface area contributed by atoms with Crippen molar-refractivity contribution in [3.05, 3.63) is 54.0 Å². The van der Waals surface area contributed by atoms with E-state index >= 15 is 0 Å². The van der Waals surface area contributed by atoms with E-state index in [1.54, 1.807) is 23.6 Å². The topological polar surface area (TPSA) is 80.8 Å². The fourth-order valence-electron chi connectivity index (χ4n) is 2.97. The largest absolute Gasteiger partial charge is 0.489 e. The van der Waals surface area contributed by atoms with E-state index in [9.17, 15) is 21.6 Å². The summed E-state index contributed by atoms with van der Waals surface area (Å²) in [6.07, 6.45) is -2.91. The lowest BCUT2D eigenvalue weighted by Gasteiger charge is -2.31. The molecule has 0 atom stereocenters. The Kier molecular flexibility index (Phi) is 5.67. The molecular formula is C19H16F3N3O4S2. The molecule has 0 bridgehead atoms. The maximum atomic E-state index is 12.6. The van der Waals surface area contributed by atoms with Crippen LogP contribution in [0.25, 0.3) is 0 Å². The molecule has 0 unspecified atom stereocenters. The van der Waals surface area contributed by atoms with E-state index in [2.05, 4.69) is 9.71 Å². The number of nitrogens with zero attached hydrogens (tertiary/aromatic N) is 2. The van der Waals surface area contributed by atoms with Gasteiger partial charge in [-0.3, -0.25) is 4.72 Å². The first-order valence-corrected chi connectivity index (χ1v) is 11.3. The Morgan fingerprint density at radius 3 is 2.65 bits per heavy atom. The van der Waals surface area contributed by atoms with Gasteiger partial charge in [-0.25, -0.2) is 13.4 Å². The molecule has 1 aliphatic heterocycles. The SMILES string of the molecule is O=S(=O)(Nc1nccs1)c1ccc2c(c1)OCCN2c1ccc(OCC(F)(F)F)cc1. The van der Waals surface area contributed by atoms with E-state index in [-0.39, 0.29) is 15.8 Å². The Labute approximate surface area is 180 Å². The number of alkyl halides is 3. The number of hydrogen-bond donors (Lipinski definition) is 1. The van der Waals surface area contributed by atoms with Crippen molar-refractivity contribution in [2.75, 3.05) is 29.4 Å². The fraction of sp³-hybridized carbons (Fsp3) is 0.211. The van der Waals surface area contributed by atoms with E-state index < -0.39 is 22.8 Å². The highest BCUT2D eigenvalue weighted by atomic mass is 32.2. The molecule has 7 nitrogen and oxygen atoms in total. The summed E-state index contributed by atoms with van der Waals surface area (Å²) in [4.78, 5) is 5.83. The minimum Gasteiger partial charge on any atom is -0.489 e. The van der Waals surface area contributed by atoms with E-state index in [1.165, 1.54) is 30.5 Å². The number of hydrogen-bond acceptors (Lipinski definition) is 7. The van der Waals surface area contributed by atoms with Gasteiger partial charge in [-0.2, -0.15) is 13.2 Å². The van der Waals surface area contributed by atoms with Crippen LogP contribution in [-0.4, -0.2) is 39.3 Å². The van der Waals surface area contributed by atoms with Crippen LogP contribution in [0.15, 0.2) is 58.9 Å². The number of thiazole rings is 1. The average Bonchev–Trinajstić information content (AvgIpc) is 3.23. The van der Waals surface area contributed by atoms with Gasteiger partial charge in [0.15, 0.2) is 11.7 Å². The van der Waals surface area contributed by atoms with E-state index in [0.717, 1.165) is 11.3 Å². The number of ether oxygens (including phenoxy) is 2. The summed E-state index contributed by atoms with van der Waals surface area (Å²) in [6, 6.07) is 10.7. The first-order valence-electron chi connectivity index (χ1n) is 8.98. The maximum Gasteiger partial charge on any atom is 0.422 e. The van der Waals surface area contributed by atoms with Gasteiger partial charge in [0.2, 0.25) is 0 Å². The summed E-state index contributed by atoms with van der Waals surface area (Å²) in [5.74, 6) is 0.481. The van der Waals surface area contributed by atoms with Crippen LogP contribution < -0.4 is 19.1 Å². The molecule has 12 heteroatoms. The third-order valence-electron chi connectivity index (χ3n) is 4.31. The Morgan fingerprint density at radius 2 is 1.97 bits per heavy atom. The van der Waals surface area contributed by atoms with Gasteiger partial charge < -0.3 is 14.4 Å². The van der Waals surface area contributed by atoms with Crippen molar-refractivity contribution in [1.82, 2.24) is 4.98 Å². The second-order valence-electron chi connectivity index (χ2n) is 6.47. The number of aromatic nitrogens is 1. The van der Waals surface area contributed by atoms with E-state index in [0.29, 0.717) is 30.3 Å². The van der Waals surface area contributed by atoms with Crippen LogP contribution >= 0.6 is 11.3 Å². The fourth-order valence-corrected chi connectivity index (χ4v) is 4.77. The normalized spacial score (nSPS) is 14.0. The Balaban J connectivity index is 1.55. The number of halogens is 3. The van der Waals surface area contributed by atoms with Crippen LogP contribution in [0.3, 0.4) is 0 Å². The molecule has 31 heavy (non-hydrogen) atoms. The molecule has 1 aliphatic rings. The number of anilines is 3. The van der Waals surface area contributed by atoms with Crippen molar-refractivity contribution >= 4 is 37.9 Å². The van der Waals surface area contributed by atoms with Crippen LogP contribution in [0.4, 0.5) is 29.7 Å². The van der Waals surface area contributed by atoms with Gasteiger partial charge in [0.25, 0.3) is 10.0 Å². The lowest BCUT2D eigenvalue weighted by atomic mass is 10.2. The second kappa shape index (κ2) is 8.27. The highest BCUT2D eigenvalue weighted by Crippen LogP contribution is 2.38. The molecule has 164 valence electrons. The maximum absolute atomic E-state index is 12.6. The summed E-state index contributed by atoms with van der Waals surface area (Å²) in [7, 11) is -3.83. The molecule has 0 radical (unpaired) electrons. The zero-order valence-electron chi connectivity index (χ0n) is 15.8. The molecule has 1 N–H and O–H groups in total. The van der Waals surface area contributed by atoms with Gasteiger partial charge in [0.05, 0.1) is 17.1 Å². The Morgan fingerprint density at radius 1 is 1.19 bits per heavy atom. The van der Waals surface area contributed by atoms with Crippen molar-refractivity contribution in [1.29, 1.82) is 0 Å². The summed E-state index contributed by atoms with van der Waals surface area (Å²) >= 11 is 1.16. The number of rotatable bonds is 6. The quantitative estimate of drug-likeness (QED) is 0.574. The molecule has 3 aromatic rings. The predicted molar refractivity (Wildman–Crippen MR) is 110 cm³/mol. The van der Waals surface area contributed by atoms with Gasteiger partial charge in [-0.15, -0.1) is 11.3 Å².